The lowest BCUT2D eigenvalue weighted by molar-refractivity contribution is -0.121. The van der Waals surface area contributed by atoms with E-state index in [0.29, 0.717) is 25.2 Å². The Hall–Kier alpha value is -1.87. The molecule has 9 heteroatoms. The van der Waals surface area contributed by atoms with Crippen LogP contribution < -0.4 is 5.32 Å². The van der Waals surface area contributed by atoms with Gasteiger partial charge in [-0.3, -0.25) is 9.59 Å². The van der Waals surface area contributed by atoms with Gasteiger partial charge in [0.2, 0.25) is 15.9 Å². The van der Waals surface area contributed by atoms with Gasteiger partial charge in [0.1, 0.15) is 6.26 Å². The predicted molar refractivity (Wildman–Crippen MR) is 87.8 cm³/mol. The van der Waals surface area contributed by atoms with Crippen molar-refractivity contribution in [1.29, 1.82) is 0 Å². The van der Waals surface area contributed by atoms with E-state index in [-0.39, 0.29) is 24.3 Å². The highest BCUT2D eigenvalue weighted by atomic mass is 32.2. The number of nitrogens with one attached hydrogen (secondary N) is 1. The second kappa shape index (κ2) is 7.80. The Bertz CT molecular complexity index is 663. The molecule has 0 unspecified atom stereocenters. The number of carbonyl (C=O) groups is 2. The van der Waals surface area contributed by atoms with Crippen LogP contribution >= 0.6 is 0 Å². The van der Waals surface area contributed by atoms with E-state index in [1.165, 1.54) is 19.6 Å². The number of sulfonamides is 1. The smallest absolute Gasteiger partial charge is 0.257 e. The van der Waals surface area contributed by atoms with Gasteiger partial charge in [0.15, 0.2) is 0 Å². The highest BCUT2D eigenvalue weighted by Gasteiger charge is 2.24. The maximum Gasteiger partial charge on any atom is 0.257 e. The van der Waals surface area contributed by atoms with Crippen LogP contribution in [0, 0.1) is 5.92 Å². The third-order valence-corrected chi connectivity index (χ3v) is 5.45. The number of likely N-dealkylation sites (tertiary alicyclic amines) is 1. The number of nitrogens with zero attached hydrogens (tertiary/aromatic N) is 2. The summed E-state index contributed by atoms with van der Waals surface area (Å²) in [5, 5.41) is 2.76. The maximum absolute atomic E-state index is 12.2. The SMILES string of the molecule is CN(CC(=O)NCC1CCN(C(=O)c2ccoc2)CC1)S(C)(=O)=O. The molecule has 1 saturated heterocycles. The first-order valence-corrected chi connectivity index (χ1v) is 9.61. The summed E-state index contributed by atoms with van der Waals surface area (Å²) in [7, 11) is -1.99. The fourth-order valence-electron chi connectivity index (χ4n) is 2.54. The molecule has 0 spiro atoms. The molecule has 0 saturated carbocycles. The zero-order chi connectivity index (χ0) is 17.7. The molecule has 2 heterocycles. The molecular formula is C15H23N3O5S. The van der Waals surface area contributed by atoms with E-state index in [1.807, 2.05) is 0 Å². The average molecular weight is 357 g/mol. The van der Waals surface area contributed by atoms with Crippen LogP contribution in [0.5, 0.6) is 0 Å². The Kier molecular flexibility index (Phi) is 6.00. The van der Waals surface area contributed by atoms with Crippen LogP contribution in [0.25, 0.3) is 0 Å². The summed E-state index contributed by atoms with van der Waals surface area (Å²) in [6, 6.07) is 1.65. The van der Waals surface area contributed by atoms with Crippen LogP contribution in [0.4, 0.5) is 0 Å². The van der Waals surface area contributed by atoms with E-state index in [1.54, 1.807) is 11.0 Å². The summed E-state index contributed by atoms with van der Waals surface area (Å²) in [6.45, 7) is 1.57. The third-order valence-electron chi connectivity index (χ3n) is 4.19. The van der Waals surface area contributed by atoms with Crippen molar-refractivity contribution in [3.63, 3.8) is 0 Å². The summed E-state index contributed by atoms with van der Waals surface area (Å²) in [4.78, 5) is 25.7. The van der Waals surface area contributed by atoms with E-state index in [4.69, 9.17) is 4.42 Å². The molecule has 8 nitrogen and oxygen atoms in total. The number of carbonyl (C=O) groups excluding carboxylic acids is 2. The molecule has 2 rings (SSSR count). The Morgan fingerprint density at radius 2 is 2.04 bits per heavy atom. The van der Waals surface area contributed by atoms with Gasteiger partial charge in [-0.25, -0.2) is 8.42 Å². The van der Waals surface area contributed by atoms with Gasteiger partial charge in [-0.2, -0.15) is 4.31 Å². The minimum atomic E-state index is -3.36. The topological polar surface area (TPSA) is 99.9 Å². The van der Waals surface area contributed by atoms with Crippen LogP contribution in [0.2, 0.25) is 0 Å². The molecule has 0 atom stereocenters. The largest absolute Gasteiger partial charge is 0.472 e. The zero-order valence-electron chi connectivity index (χ0n) is 13.9. The van der Waals surface area contributed by atoms with Gasteiger partial charge in [0.25, 0.3) is 5.91 Å². The second-order valence-electron chi connectivity index (χ2n) is 6.07. The molecule has 1 aliphatic heterocycles. The summed E-state index contributed by atoms with van der Waals surface area (Å²) >= 11 is 0. The normalized spacial score (nSPS) is 16.4. The molecule has 134 valence electrons. The van der Waals surface area contributed by atoms with Gasteiger partial charge in [0, 0.05) is 26.7 Å². The van der Waals surface area contributed by atoms with Crippen molar-refractivity contribution in [1.82, 2.24) is 14.5 Å². The molecule has 1 aromatic rings. The van der Waals surface area contributed by atoms with Crippen molar-refractivity contribution in [2.45, 2.75) is 12.8 Å². The first-order valence-electron chi connectivity index (χ1n) is 7.77. The highest BCUT2D eigenvalue weighted by molar-refractivity contribution is 7.88. The van der Waals surface area contributed by atoms with Crippen molar-refractivity contribution in [2.24, 2.45) is 5.92 Å². The minimum Gasteiger partial charge on any atom is -0.472 e. The van der Waals surface area contributed by atoms with Crippen LogP contribution in [-0.4, -0.2) is 68.9 Å². The Morgan fingerprint density at radius 3 is 2.58 bits per heavy atom. The fraction of sp³-hybridized carbons (Fsp3) is 0.600. The van der Waals surface area contributed by atoms with Crippen molar-refractivity contribution < 1.29 is 22.4 Å². The third kappa shape index (κ3) is 5.07. The lowest BCUT2D eigenvalue weighted by Gasteiger charge is -2.32. The number of piperidine rings is 1. The lowest BCUT2D eigenvalue weighted by atomic mass is 9.96. The maximum atomic E-state index is 12.2. The number of rotatable bonds is 6. The Labute approximate surface area is 141 Å². The van der Waals surface area contributed by atoms with Gasteiger partial charge in [-0.15, -0.1) is 0 Å². The van der Waals surface area contributed by atoms with Crippen LogP contribution in [0.3, 0.4) is 0 Å². The number of likely N-dealkylation sites (N-methyl/N-ethyl adjacent to an activating group) is 1. The van der Waals surface area contributed by atoms with Gasteiger partial charge in [-0.05, 0) is 24.8 Å². The second-order valence-corrected chi connectivity index (χ2v) is 8.16. The molecule has 0 radical (unpaired) electrons. The molecule has 1 aromatic heterocycles. The van der Waals surface area contributed by atoms with Crippen molar-refractivity contribution in [3.8, 4) is 0 Å². The first kappa shape index (κ1) is 18.5. The molecule has 0 bridgehead atoms. The predicted octanol–water partition coefficient (Wildman–Crippen LogP) is 0.139. The Morgan fingerprint density at radius 1 is 1.38 bits per heavy atom. The molecule has 1 N–H and O–H groups in total. The van der Waals surface area contributed by atoms with Crippen LogP contribution in [-0.2, 0) is 14.8 Å². The summed E-state index contributed by atoms with van der Waals surface area (Å²) in [5.74, 6) is -0.0771. The van der Waals surface area contributed by atoms with Gasteiger partial charge in [0.05, 0.1) is 24.6 Å². The van der Waals surface area contributed by atoms with Gasteiger partial charge >= 0.3 is 0 Å². The summed E-state index contributed by atoms with van der Waals surface area (Å²) < 4.78 is 28.5. The molecule has 0 aliphatic carbocycles. The number of amides is 2. The number of hydrogen-bond acceptors (Lipinski definition) is 5. The standard InChI is InChI=1S/C15H23N3O5S/c1-17(24(2,21)22)10-14(19)16-9-12-3-6-18(7-4-12)15(20)13-5-8-23-11-13/h5,8,11-12H,3-4,6-7,9-10H2,1-2H3,(H,16,19). The highest BCUT2D eigenvalue weighted by Crippen LogP contribution is 2.18. The molecule has 1 fully saturated rings. The van der Waals surface area contributed by atoms with E-state index >= 15 is 0 Å². The van der Waals surface area contributed by atoms with E-state index in [2.05, 4.69) is 5.32 Å². The van der Waals surface area contributed by atoms with Crippen LogP contribution in [0.1, 0.15) is 23.2 Å². The molecule has 0 aromatic carbocycles. The van der Waals surface area contributed by atoms with E-state index in [9.17, 15) is 18.0 Å². The summed E-state index contributed by atoms with van der Waals surface area (Å²) in [6.07, 6.45) is 5.57. The van der Waals surface area contributed by atoms with Gasteiger partial charge < -0.3 is 14.6 Å². The minimum absolute atomic E-state index is 0.0407. The number of furan rings is 1. The van der Waals surface area contributed by atoms with E-state index in [0.717, 1.165) is 23.4 Å². The number of hydrogen-bond donors (Lipinski definition) is 1. The van der Waals surface area contributed by atoms with Gasteiger partial charge in [-0.1, -0.05) is 0 Å². The van der Waals surface area contributed by atoms with Crippen LogP contribution in [0.15, 0.2) is 23.0 Å². The first-order chi connectivity index (χ1) is 11.3. The molecule has 1 aliphatic rings. The quantitative estimate of drug-likeness (QED) is 0.781. The Balaban J connectivity index is 1.71. The molecule has 24 heavy (non-hydrogen) atoms. The molecular weight excluding hydrogens is 334 g/mol. The monoisotopic (exact) mass is 357 g/mol. The average Bonchev–Trinajstić information content (AvgIpc) is 3.06. The van der Waals surface area contributed by atoms with Crippen molar-refractivity contribution in [2.75, 3.05) is 39.5 Å². The zero-order valence-corrected chi connectivity index (χ0v) is 14.7. The van der Waals surface area contributed by atoms with E-state index < -0.39 is 10.0 Å². The fourth-order valence-corrected chi connectivity index (χ4v) is 2.89. The summed E-state index contributed by atoms with van der Waals surface area (Å²) in [5.41, 5.74) is 0.547. The lowest BCUT2D eigenvalue weighted by Crippen LogP contribution is -2.43. The molecule has 2 amide bonds. The van der Waals surface area contributed by atoms with Crippen molar-refractivity contribution >= 4 is 21.8 Å². The van der Waals surface area contributed by atoms with Crippen molar-refractivity contribution in [3.05, 3.63) is 24.2 Å².